The molecular weight excluding hydrogens is 260 g/mol. The predicted molar refractivity (Wildman–Crippen MR) is 61.3 cm³/mol. The smallest absolute Gasteiger partial charge is 0.229 e. The highest BCUT2D eigenvalue weighted by atomic mass is 79.9. The Kier molecular flexibility index (Phi) is 2.62. The zero-order valence-corrected chi connectivity index (χ0v) is 9.57. The number of halogens is 1. The molecule has 0 saturated carbocycles. The lowest BCUT2D eigenvalue weighted by molar-refractivity contribution is -0.117. The Hall–Kier alpha value is -1.14. The summed E-state index contributed by atoms with van der Waals surface area (Å²) in [6, 6.07) is 3.32. The largest absolute Gasteiger partial charge is 0.396 e. The van der Waals surface area contributed by atoms with Crippen LogP contribution < -0.4 is 16.4 Å². The van der Waals surface area contributed by atoms with Gasteiger partial charge in [-0.1, -0.05) is 0 Å². The third kappa shape index (κ3) is 1.95. The molecule has 1 saturated heterocycles. The molecule has 1 amide bonds. The number of anilines is 2. The Bertz CT molecular complexity index is 409. The van der Waals surface area contributed by atoms with Crippen molar-refractivity contribution in [2.45, 2.75) is 12.5 Å². The van der Waals surface area contributed by atoms with E-state index in [1.54, 1.807) is 12.1 Å². The van der Waals surface area contributed by atoms with Gasteiger partial charge in [0.1, 0.15) is 4.60 Å². The molecule has 0 bridgehead atoms. The second-order valence-corrected chi connectivity index (χ2v) is 4.33. The lowest BCUT2D eigenvalue weighted by atomic mass is 10.3. The van der Waals surface area contributed by atoms with Crippen LogP contribution in [0.15, 0.2) is 16.7 Å². The van der Waals surface area contributed by atoms with Crippen molar-refractivity contribution in [3.8, 4) is 0 Å². The van der Waals surface area contributed by atoms with Crippen molar-refractivity contribution < 1.29 is 4.79 Å². The molecule has 1 fully saturated rings. The van der Waals surface area contributed by atoms with Gasteiger partial charge in [0.15, 0.2) is 5.82 Å². The molecule has 1 aliphatic heterocycles. The quantitative estimate of drug-likeness (QED) is 0.728. The lowest BCUT2D eigenvalue weighted by Gasteiger charge is -2.16. The number of amides is 1. The summed E-state index contributed by atoms with van der Waals surface area (Å²) >= 11 is 3.24. The van der Waals surface area contributed by atoms with Gasteiger partial charge in [-0.2, -0.15) is 0 Å². The number of aromatic nitrogens is 1. The third-order valence-corrected chi connectivity index (χ3v) is 2.72. The molecule has 1 aromatic heterocycles. The second kappa shape index (κ2) is 3.79. The van der Waals surface area contributed by atoms with Gasteiger partial charge in [0.05, 0.1) is 5.69 Å². The molecular formula is C9H11BrN4O. The van der Waals surface area contributed by atoms with Crippen LogP contribution in [0.5, 0.6) is 0 Å². The Labute approximate surface area is 95.6 Å². The van der Waals surface area contributed by atoms with Gasteiger partial charge in [0.2, 0.25) is 5.91 Å². The number of nitrogens with two attached hydrogens (primary N) is 2. The average Bonchev–Trinajstić information content (AvgIpc) is 2.50. The van der Waals surface area contributed by atoms with Crippen LogP contribution in [0, 0.1) is 0 Å². The van der Waals surface area contributed by atoms with E-state index in [1.807, 2.05) is 0 Å². The molecule has 2 rings (SSSR count). The van der Waals surface area contributed by atoms with E-state index >= 15 is 0 Å². The summed E-state index contributed by atoms with van der Waals surface area (Å²) in [5.41, 5.74) is 11.9. The first-order chi connectivity index (χ1) is 7.08. The van der Waals surface area contributed by atoms with E-state index in [9.17, 15) is 4.79 Å². The minimum atomic E-state index is -0.127. The fourth-order valence-electron chi connectivity index (χ4n) is 1.59. The summed E-state index contributed by atoms with van der Waals surface area (Å²) in [4.78, 5) is 17.3. The summed E-state index contributed by atoms with van der Waals surface area (Å²) in [6.07, 6.45) is 0.355. The zero-order chi connectivity index (χ0) is 11.0. The first kappa shape index (κ1) is 10.4. The van der Waals surface area contributed by atoms with Crippen molar-refractivity contribution in [2.24, 2.45) is 5.73 Å². The SMILES string of the molecule is Nc1ccc(Br)nc1N1CC(N)CC1=O. The van der Waals surface area contributed by atoms with Crippen molar-refractivity contribution in [1.29, 1.82) is 0 Å². The summed E-state index contributed by atoms with van der Waals surface area (Å²) in [6.45, 7) is 0.479. The topological polar surface area (TPSA) is 85.2 Å². The molecule has 15 heavy (non-hydrogen) atoms. The highest BCUT2D eigenvalue weighted by Gasteiger charge is 2.30. The number of pyridine rings is 1. The van der Waals surface area contributed by atoms with Crippen molar-refractivity contribution in [3.63, 3.8) is 0 Å². The van der Waals surface area contributed by atoms with Crippen molar-refractivity contribution in [3.05, 3.63) is 16.7 Å². The molecule has 4 N–H and O–H groups in total. The highest BCUT2D eigenvalue weighted by Crippen LogP contribution is 2.26. The number of rotatable bonds is 1. The third-order valence-electron chi connectivity index (χ3n) is 2.28. The summed E-state index contributed by atoms with van der Waals surface area (Å²) < 4.78 is 0.653. The van der Waals surface area contributed by atoms with Gasteiger partial charge < -0.3 is 11.5 Å². The Morgan fingerprint density at radius 1 is 1.53 bits per heavy atom. The van der Waals surface area contributed by atoms with Crippen molar-refractivity contribution in [2.75, 3.05) is 17.2 Å². The van der Waals surface area contributed by atoms with E-state index in [-0.39, 0.29) is 11.9 Å². The number of hydrogen-bond donors (Lipinski definition) is 2. The van der Waals surface area contributed by atoms with Crippen LogP contribution in [0.2, 0.25) is 0 Å². The van der Waals surface area contributed by atoms with Crippen LogP contribution in [0.25, 0.3) is 0 Å². The summed E-state index contributed by atoms with van der Waals surface area (Å²) in [5.74, 6) is 0.460. The molecule has 1 aromatic rings. The maximum Gasteiger partial charge on any atom is 0.229 e. The van der Waals surface area contributed by atoms with Gasteiger partial charge in [-0.05, 0) is 28.1 Å². The minimum Gasteiger partial charge on any atom is -0.396 e. The molecule has 80 valence electrons. The van der Waals surface area contributed by atoms with Gasteiger partial charge in [-0.15, -0.1) is 0 Å². The van der Waals surface area contributed by atoms with Gasteiger partial charge in [0, 0.05) is 19.0 Å². The van der Waals surface area contributed by atoms with Crippen LogP contribution in [0.4, 0.5) is 11.5 Å². The first-order valence-electron chi connectivity index (χ1n) is 4.56. The molecule has 5 nitrogen and oxygen atoms in total. The molecule has 1 aliphatic rings. The van der Waals surface area contributed by atoms with E-state index in [2.05, 4.69) is 20.9 Å². The molecule has 6 heteroatoms. The monoisotopic (exact) mass is 270 g/mol. The standard InChI is InChI=1S/C9H11BrN4O/c10-7-2-1-6(12)9(13-7)14-4-5(11)3-8(14)15/h1-2,5H,3-4,11-12H2. The molecule has 0 aliphatic carbocycles. The number of nitrogen functional groups attached to an aromatic ring is 1. The first-order valence-corrected chi connectivity index (χ1v) is 5.35. The Morgan fingerprint density at radius 3 is 2.87 bits per heavy atom. The average molecular weight is 271 g/mol. The number of hydrogen-bond acceptors (Lipinski definition) is 4. The molecule has 1 unspecified atom stereocenters. The van der Waals surface area contributed by atoms with Crippen LogP contribution in [-0.4, -0.2) is 23.5 Å². The van der Waals surface area contributed by atoms with Crippen LogP contribution in [0.3, 0.4) is 0 Å². The molecule has 0 aromatic carbocycles. The minimum absolute atomic E-state index is 0.0280. The second-order valence-electron chi connectivity index (χ2n) is 3.52. The molecule has 2 heterocycles. The van der Waals surface area contributed by atoms with E-state index in [1.165, 1.54) is 4.90 Å². The van der Waals surface area contributed by atoms with E-state index < -0.39 is 0 Å². The van der Waals surface area contributed by atoms with E-state index in [0.717, 1.165) is 0 Å². The van der Waals surface area contributed by atoms with Crippen LogP contribution in [-0.2, 0) is 4.79 Å². The Morgan fingerprint density at radius 2 is 2.27 bits per heavy atom. The fourth-order valence-corrected chi connectivity index (χ4v) is 1.89. The van der Waals surface area contributed by atoms with E-state index in [0.29, 0.717) is 29.1 Å². The number of carbonyl (C=O) groups excluding carboxylic acids is 1. The van der Waals surface area contributed by atoms with E-state index in [4.69, 9.17) is 11.5 Å². The molecule has 0 spiro atoms. The lowest BCUT2D eigenvalue weighted by Crippen LogP contribution is -2.29. The van der Waals surface area contributed by atoms with Gasteiger partial charge >= 0.3 is 0 Å². The predicted octanol–water partition coefficient (Wildman–Crippen LogP) is 0.490. The fraction of sp³-hybridized carbons (Fsp3) is 0.333. The van der Waals surface area contributed by atoms with Gasteiger partial charge in [0.25, 0.3) is 0 Å². The zero-order valence-electron chi connectivity index (χ0n) is 7.98. The van der Waals surface area contributed by atoms with Crippen LogP contribution in [0.1, 0.15) is 6.42 Å². The molecule has 0 radical (unpaired) electrons. The Balaban J connectivity index is 2.37. The van der Waals surface area contributed by atoms with Crippen molar-refractivity contribution >= 4 is 33.3 Å². The number of nitrogens with zero attached hydrogens (tertiary/aromatic N) is 2. The maximum atomic E-state index is 11.6. The number of carbonyl (C=O) groups is 1. The van der Waals surface area contributed by atoms with Gasteiger partial charge in [-0.25, -0.2) is 4.98 Å². The van der Waals surface area contributed by atoms with Crippen LogP contribution >= 0.6 is 15.9 Å². The molecule has 1 atom stereocenters. The maximum absolute atomic E-state index is 11.6. The normalized spacial score (nSPS) is 21.1. The highest BCUT2D eigenvalue weighted by molar-refractivity contribution is 9.10. The summed E-state index contributed by atoms with van der Waals surface area (Å²) in [5, 5.41) is 0. The van der Waals surface area contributed by atoms with Crippen molar-refractivity contribution in [1.82, 2.24) is 4.98 Å². The summed E-state index contributed by atoms with van der Waals surface area (Å²) in [7, 11) is 0. The van der Waals surface area contributed by atoms with Gasteiger partial charge in [-0.3, -0.25) is 9.69 Å².